The van der Waals surface area contributed by atoms with Crippen molar-refractivity contribution < 1.29 is 9.72 Å². The summed E-state index contributed by atoms with van der Waals surface area (Å²) in [5, 5.41) is 11.6. The van der Waals surface area contributed by atoms with Gasteiger partial charge in [0.15, 0.2) is 0 Å². The molecule has 0 fully saturated rings. The molecule has 0 atom stereocenters. The molecule has 23 heavy (non-hydrogen) atoms. The maximum absolute atomic E-state index is 11.0. The summed E-state index contributed by atoms with van der Waals surface area (Å²) in [5.41, 5.74) is 6.65. The van der Waals surface area contributed by atoms with Crippen LogP contribution in [0.5, 0.6) is 0 Å². The Bertz CT molecular complexity index is 883. The summed E-state index contributed by atoms with van der Waals surface area (Å²) in [6.45, 7) is 0. The second kappa shape index (κ2) is 6.06. The number of amides is 1. The summed E-state index contributed by atoms with van der Waals surface area (Å²) < 4.78 is 0. The molecule has 3 rings (SSSR count). The van der Waals surface area contributed by atoms with E-state index in [1.165, 1.54) is 12.1 Å². The number of carbonyl (C=O) groups is 1. The molecule has 8 heteroatoms. The molecule has 3 aromatic rings. The Morgan fingerprint density at radius 3 is 2.57 bits per heavy atom. The lowest BCUT2D eigenvalue weighted by atomic mass is 10.1. The van der Waals surface area contributed by atoms with Crippen molar-refractivity contribution in [3.05, 3.63) is 58.6 Å². The summed E-state index contributed by atoms with van der Waals surface area (Å²) in [6.07, 6.45) is 0.464. The predicted octanol–water partition coefficient (Wildman–Crippen LogP) is 2.28. The summed E-state index contributed by atoms with van der Waals surface area (Å²) >= 11 is 0. The topological polar surface area (TPSA) is 110 Å². The molecule has 0 aliphatic heterocycles. The van der Waals surface area contributed by atoms with E-state index in [4.69, 9.17) is 0 Å². The molecule has 1 aromatic heterocycles. The van der Waals surface area contributed by atoms with Crippen LogP contribution in [-0.2, 0) is 4.79 Å². The highest BCUT2D eigenvalue weighted by atomic mass is 16.6. The minimum Gasteiger partial charge on any atom is -0.277 e. The van der Waals surface area contributed by atoms with E-state index in [-0.39, 0.29) is 11.6 Å². The largest absolute Gasteiger partial charge is 0.277 e. The highest BCUT2D eigenvalue weighted by molar-refractivity contribution is 5.94. The average Bonchev–Trinajstić information content (AvgIpc) is 2.59. The van der Waals surface area contributed by atoms with Crippen molar-refractivity contribution in [3.63, 3.8) is 0 Å². The zero-order valence-corrected chi connectivity index (χ0v) is 11.8. The van der Waals surface area contributed by atoms with Gasteiger partial charge >= 0.3 is 0 Å². The van der Waals surface area contributed by atoms with Crippen LogP contribution in [0.15, 0.2) is 48.5 Å². The number of non-ortho nitro benzene ring substituents is 1. The molecule has 2 aromatic carbocycles. The molecule has 0 spiro atoms. The number of hydrogen-bond acceptors (Lipinski definition) is 6. The van der Waals surface area contributed by atoms with Crippen LogP contribution >= 0.6 is 0 Å². The maximum Gasteiger partial charge on any atom is 0.270 e. The van der Waals surface area contributed by atoms with Gasteiger partial charge in [-0.3, -0.25) is 25.8 Å². The number of rotatable bonds is 5. The standard InChI is InChI=1S/C15H11N5O3/c21-9-16-19-15-17-13-7-6-11(20(22)23)8-12(13)14(18-15)10-4-2-1-3-5-10/h1-9H,(H,16,21)(H,17,18,19). The van der Waals surface area contributed by atoms with Gasteiger partial charge in [0, 0.05) is 23.1 Å². The predicted molar refractivity (Wildman–Crippen MR) is 84.5 cm³/mol. The van der Waals surface area contributed by atoms with Crippen molar-refractivity contribution in [1.82, 2.24) is 15.4 Å². The lowest BCUT2D eigenvalue weighted by molar-refractivity contribution is -0.384. The van der Waals surface area contributed by atoms with Crippen LogP contribution in [0.2, 0.25) is 0 Å². The van der Waals surface area contributed by atoms with E-state index in [9.17, 15) is 14.9 Å². The summed E-state index contributed by atoms with van der Waals surface area (Å²) in [7, 11) is 0. The van der Waals surface area contributed by atoms with E-state index in [1.54, 1.807) is 6.07 Å². The number of anilines is 1. The number of nitro benzene ring substituents is 1. The second-order valence-electron chi connectivity index (χ2n) is 4.61. The molecule has 114 valence electrons. The summed E-state index contributed by atoms with van der Waals surface area (Å²) in [5.74, 6) is 0.192. The Hall–Kier alpha value is -3.55. The van der Waals surface area contributed by atoms with E-state index >= 15 is 0 Å². The van der Waals surface area contributed by atoms with E-state index in [2.05, 4.69) is 20.8 Å². The summed E-state index contributed by atoms with van der Waals surface area (Å²) in [4.78, 5) is 29.5. The molecule has 1 amide bonds. The van der Waals surface area contributed by atoms with E-state index in [0.29, 0.717) is 23.0 Å². The van der Waals surface area contributed by atoms with Gasteiger partial charge in [-0.25, -0.2) is 9.97 Å². The third-order valence-corrected chi connectivity index (χ3v) is 3.18. The zero-order valence-electron chi connectivity index (χ0n) is 11.8. The van der Waals surface area contributed by atoms with E-state index in [1.807, 2.05) is 30.3 Å². The van der Waals surface area contributed by atoms with Gasteiger partial charge in [0.05, 0.1) is 16.1 Å². The van der Waals surface area contributed by atoms with Crippen molar-refractivity contribution >= 4 is 28.9 Å². The Morgan fingerprint density at radius 1 is 1.09 bits per heavy atom. The SMILES string of the molecule is O=CNNc1nc(-c2ccccc2)c2cc([N+](=O)[O-])ccc2n1. The molecule has 2 N–H and O–H groups in total. The number of nitro groups is 1. The van der Waals surface area contributed by atoms with Crippen molar-refractivity contribution in [2.75, 3.05) is 5.43 Å². The van der Waals surface area contributed by atoms with Crippen LogP contribution in [-0.4, -0.2) is 21.3 Å². The number of nitrogens with one attached hydrogen (secondary N) is 2. The number of fused-ring (bicyclic) bond motifs is 1. The van der Waals surface area contributed by atoms with Crippen LogP contribution in [0.3, 0.4) is 0 Å². The van der Waals surface area contributed by atoms with Crippen LogP contribution in [0.4, 0.5) is 11.6 Å². The molecule has 0 aliphatic carbocycles. The third-order valence-electron chi connectivity index (χ3n) is 3.18. The van der Waals surface area contributed by atoms with Gasteiger partial charge in [0.2, 0.25) is 12.4 Å². The molecular formula is C15H11N5O3. The first kappa shape index (κ1) is 14.4. The number of carbonyl (C=O) groups excluding carboxylic acids is 1. The first-order valence-electron chi connectivity index (χ1n) is 6.66. The molecule has 0 unspecified atom stereocenters. The number of hydrogen-bond donors (Lipinski definition) is 2. The van der Waals surface area contributed by atoms with Gasteiger partial charge in [-0.2, -0.15) is 0 Å². The summed E-state index contributed by atoms with van der Waals surface area (Å²) in [6, 6.07) is 13.6. The number of aromatic nitrogens is 2. The Morgan fingerprint density at radius 2 is 1.87 bits per heavy atom. The second-order valence-corrected chi connectivity index (χ2v) is 4.61. The first-order valence-corrected chi connectivity index (χ1v) is 6.66. The number of hydrazine groups is 1. The van der Waals surface area contributed by atoms with Crippen LogP contribution < -0.4 is 10.9 Å². The fourth-order valence-corrected chi connectivity index (χ4v) is 2.20. The van der Waals surface area contributed by atoms with Gasteiger partial charge in [-0.05, 0) is 6.07 Å². The van der Waals surface area contributed by atoms with Gasteiger partial charge in [-0.1, -0.05) is 30.3 Å². The smallest absolute Gasteiger partial charge is 0.270 e. The van der Waals surface area contributed by atoms with Crippen LogP contribution in [0.1, 0.15) is 0 Å². The zero-order chi connectivity index (χ0) is 16.2. The van der Waals surface area contributed by atoms with Crippen molar-refractivity contribution in [3.8, 4) is 11.3 Å². The van der Waals surface area contributed by atoms with E-state index in [0.717, 1.165) is 5.56 Å². The quantitative estimate of drug-likeness (QED) is 0.425. The first-order chi connectivity index (χ1) is 11.2. The fraction of sp³-hybridized carbons (Fsp3) is 0. The highest BCUT2D eigenvalue weighted by Crippen LogP contribution is 2.29. The molecule has 0 bridgehead atoms. The van der Waals surface area contributed by atoms with Gasteiger partial charge in [0.1, 0.15) is 0 Å². The molecular weight excluding hydrogens is 298 g/mol. The molecule has 8 nitrogen and oxygen atoms in total. The average molecular weight is 309 g/mol. The molecule has 0 saturated carbocycles. The fourth-order valence-electron chi connectivity index (χ4n) is 2.20. The van der Waals surface area contributed by atoms with Gasteiger partial charge in [-0.15, -0.1) is 0 Å². The Labute approximate surface area is 130 Å². The minimum absolute atomic E-state index is 0.0370. The van der Waals surface area contributed by atoms with Crippen molar-refractivity contribution in [2.24, 2.45) is 0 Å². The van der Waals surface area contributed by atoms with Crippen molar-refractivity contribution in [1.29, 1.82) is 0 Å². The maximum atomic E-state index is 11.0. The van der Waals surface area contributed by atoms with Gasteiger partial charge in [0.25, 0.3) is 5.69 Å². The van der Waals surface area contributed by atoms with Crippen LogP contribution in [0.25, 0.3) is 22.2 Å². The Balaban J connectivity index is 2.24. The number of nitrogens with zero attached hydrogens (tertiary/aromatic N) is 3. The lowest BCUT2D eigenvalue weighted by Crippen LogP contribution is -2.21. The lowest BCUT2D eigenvalue weighted by Gasteiger charge is -2.09. The normalized spacial score (nSPS) is 10.3. The van der Waals surface area contributed by atoms with Crippen molar-refractivity contribution in [2.45, 2.75) is 0 Å². The molecule has 1 heterocycles. The minimum atomic E-state index is -0.464. The molecule has 0 aliphatic rings. The van der Waals surface area contributed by atoms with Crippen LogP contribution in [0, 0.1) is 10.1 Å². The van der Waals surface area contributed by atoms with Gasteiger partial charge < -0.3 is 0 Å². The van der Waals surface area contributed by atoms with E-state index < -0.39 is 4.92 Å². The monoisotopic (exact) mass is 309 g/mol. The number of benzene rings is 2. The Kier molecular flexibility index (Phi) is 3.79. The third kappa shape index (κ3) is 2.91. The highest BCUT2D eigenvalue weighted by Gasteiger charge is 2.14. The molecule has 0 saturated heterocycles. The molecule has 0 radical (unpaired) electrons.